The standard InChI is InChI=1S/C23H21FN6O/c24-16-1-3-21-19(11-16)14(12-27-21)5-7-25-23-26-8-6-22(30-23)29-17-2-4-20-15(9-17)10-18(13-31)28-20/h1-4,6,8-12,27-28,31H,5,7,13H2,(H2,25,26,29,30). The van der Waals surface area contributed by atoms with Crippen molar-refractivity contribution in [2.24, 2.45) is 0 Å². The molecule has 0 atom stereocenters. The second-order valence-corrected chi connectivity index (χ2v) is 7.33. The minimum atomic E-state index is -0.242. The zero-order valence-electron chi connectivity index (χ0n) is 16.6. The number of nitrogens with one attached hydrogen (secondary N) is 4. The Kier molecular flexibility index (Phi) is 4.97. The van der Waals surface area contributed by atoms with Gasteiger partial charge in [0.25, 0.3) is 0 Å². The Morgan fingerprint density at radius 2 is 1.94 bits per heavy atom. The molecule has 0 bridgehead atoms. The fourth-order valence-corrected chi connectivity index (χ4v) is 3.68. The molecule has 0 aliphatic carbocycles. The molecular weight excluding hydrogens is 395 g/mol. The summed E-state index contributed by atoms with van der Waals surface area (Å²) in [4.78, 5) is 15.1. The number of aliphatic hydroxyl groups excluding tert-OH is 1. The van der Waals surface area contributed by atoms with Gasteiger partial charge in [-0.15, -0.1) is 0 Å². The number of hydrogen-bond acceptors (Lipinski definition) is 5. The summed E-state index contributed by atoms with van der Waals surface area (Å²) < 4.78 is 13.5. The van der Waals surface area contributed by atoms with E-state index < -0.39 is 0 Å². The van der Waals surface area contributed by atoms with Crippen molar-refractivity contribution in [2.45, 2.75) is 13.0 Å². The molecule has 5 rings (SSSR count). The van der Waals surface area contributed by atoms with E-state index in [2.05, 4.69) is 30.6 Å². The second-order valence-electron chi connectivity index (χ2n) is 7.33. The molecule has 8 heteroatoms. The van der Waals surface area contributed by atoms with E-state index in [0.29, 0.717) is 24.7 Å². The van der Waals surface area contributed by atoms with Crippen molar-refractivity contribution in [2.75, 3.05) is 17.2 Å². The molecule has 0 unspecified atom stereocenters. The molecule has 5 aromatic rings. The van der Waals surface area contributed by atoms with Crippen molar-refractivity contribution in [1.29, 1.82) is 0 Å². The number of aromatic nitrogens is 4. The van der Waals surface area contributed by atoms with E-state index in [1.165, 1.54) is 6.07 Å². The predicted molar refractivity (Wildman–Crippen MR) is 120 cm³/mol. The molecule has 0 saturated heterocycles. The lowest BCUT2D eigenvalue weighted by Gasteiger charge is -2.08. The molecule has 2 aromatic carbocycles. The van der Waals surface area contributed by atoms with Gasteiger partial charge in [-0.25, -0.2) is 9.37 Å². The molecule has 0 aliphatic heterocycles. The Hall–Kier alpha value is -3.91. The summed E-state index contributed by atoms with van der Waals surface area (Å²) in [7, 11) is 0. The van der Waals surface area contributed by atoms with Gasteiger partial charge in [0, 0.05) is 52.1 Å². The first-order chi connectivity index (χ1) is 15.2. The molecule has 0 aliphatic rings. The number of hydrogen-bond donors (Lipinski definition) is 5. The maximum atomic E-state index is 13.5. The van der Waals surface area contributed by atoms with Gasteiger partial charge < -0.3 is 25.7 Å². The Balaban J connectivity index is 1.25. The predicted octanol–water partition coefficient (Wildman–Crippen LogP) is 4.47. The van der Waals surface area contributed by atoms with E-state index >= 15 is 0 Å². The van der Waals surface area contributed by atoms with E-state index in [9.17, 15) is 9.50 Å². The number of anilines is 3. The first kappa shape index (κ1) is 19.1. The van der Waals surface area contributed by atoms with Crippen molar-refractivity contribution < 1.29 is 9.50 Å². The summed E-state index contributed by atoms with van der Waals surface area (Å²) in [5.74, 6) is 0.944. The number of rotatable bonds is 7. The third-order valence-electron chi connectivity index (χ3n) is 5.18. The van der Waals surface area contributed by atoms with E-state index in [0.717, 1.165) is 38.8 Å². The Morgan fingerprint density at radius 3 is 2.84 bits per heavy atom. The first-order valence-electron chi connectivity index (χ1n) is 10.00. The first-order valence-corrected chi connectivity index (χ1v) is 10.00. The fourth-order valence-electron chi connectivity index (χ4n) is 3.68. The number of aliphatic hydroxyl groups is 1. The number of benzene rings is 2. The molecule has 156 valence electrons. The average molecular weight is 416 g/mol. The van der Waals surface area contributed by atoms with E-state index in [1.807, 2.05) is 30.5 Å². The van der Waals surface area contributed by atoms with Crippen LogP contribution < -0.4 is 10.6 Å². The van der Waals surface area contributed by atoms with Crippen LogP contribution in [-0.4, -0.2) is 31.6 Å². The van der Waals surface area contributed by atoms with Crippen LogP contribution >= 0.6 is 0 Å². The highest BCUT2D eigenvalue weighted by Crippen LogP contribution is 2.23. The van der Waals surface area contributed by atoms with Crippen LogP contribution in [0.4, 0.5) is 21.8 Å². The van der Waals surface area contributed by atoms with Crippen molar-refractivity contribution in [3.8, 4) is 0 Å². The minimum Gasteiger partial charge on any atom is -0.390 e. The highest BCUT2D eigenvalue weighted by molar-refractivity contribution is 5.85. The van der Waals surface area contributed by atoms with Crippen LogP contribution in [0.2, 0.25) is 0 Å². The molecule has 0 amide bonds. The van der Waals surface area contributed by atoms with E-state index in [1.54, 1.807) is 24.4 Å². The Labute approximate surface area is 177 Å². The highest BCUT2D eigenvalue weighted by atomic mass is 19.1. The molecule has 0 radical (unpaired) electrons. The molecule has 3 heterocycles. The van der Waals surface area contributed by atoms with Crippen molar-refractivity contribution in [3.63, 3.8) is 0 Å². The second kappa shape index (κ2) is 8.08. The van der Waals surface area contributed by atoms with Crippen LogP contribution in [0.25, 0.3) is 21.8 Å². The Bertz CT molecular complexity index is 1360. The molecule has 0 spiro atoms. The molecule has 7 nitrogen and oxygen atoms in total. The number of halogens is 1. The SMILES string of the molecule is OCc1cc2cc(Nc3ccnc(NCCc4c[nH]c5ccc(F)cc45)n3)ccc2[nH]1. The normalized spacial score (nSPS) is 11.3. The van der Waals surface area contributed by atoms with Gasteiger partial charge in [0.1, 0.15) is 11.6 Å². The van der Waals surface area contributed by atoms with Crippen LogP contribution in [0.3, 0.4) is 0 Å². The number of aromatic amines is 2. The fraction of sp³-hybridized carbons (Fsp3) is 0.130. The molecule has 0 saturated carbocycles. The molecule has 3 aromatic heterocycles. The topological polar surface area (TPSA) is 102 Å². The number of fused-ring (bicyclic) bond motifs is 2. The van der Waals surface area contributed by atoms with E-state index in [-0.39, 0.29) is 12.4 Å². The van der Waals surface area contributed by atoms with Gasteiger partial charge in [-0.05, 0) is 60.5 Å². The molecule has 5 N–H and O–H groups in total. The third kappa shape index (κ3) is 4.06. The summed E-state index contributed by atoms with van der Waals surface area (Å²) in [6, 6.07) is 14.4. The van der Waals surface area contributed by atoms with Gasteiger partial charge >= 0.3 is 0 Å². The lowest BCUT2D eigenvalue weighted by molar-refractivity contribution is 0.278. The van der Waals surface area contributed by atoms with Crippen LogP contribution in [0.1, 0.15) is 11.3 Å². The summed E-state index contributed by atoms with van der Waals surface area (Å²) in [6.45, 7) is 0.595. The quantitative estimate of drug-likeness (QED) is 0.269. The third-order valence-corrected chi connectivity index (χ3v) is 5.18. The molecular formula is C23H21FN6O. The van der Waals surface area contributed by atoms with Gasteiger partial charge in [0.15, 0.2) is 0 Å². The summed E-state index contributed by atoms with van der Waals surface area (Å²) in [5.41, 5.74) is 4.60. The minimum absolute atomic E-state index is 0.0220. The average Bonchev–Trinajstić information content (AvgIpc) is 3.37. The van der Waals surface area contributed by atoms with Crippen LogP contribution in [-0.2, 0) is 13.0 Å². The van der Waals surface area contributed by atoms with Crippen molar-refractivity contribution in [3.05, 3.63) is 78.0 Å². The Morgan fingerprint density at radius 1 is 1.03 bits per heavy atom. The molecule has 31 heavy (non-hydrogen) atoms. The maximum Gasteiger partial charge on any atom is 0.224 e. The van der Waals surface area contributed by atoms with Crippen LogP contribution in [0.15, 0.2) is 60.9 Å². The monoisotopic (exact) mass is 416 g/mol. The molecule has 0 fully saturated rings. The lowest BCUT2D eigenvalue weighted by Crippen LogP contribution is -2.08. The van der Waals surface area contributed by atoms with Crippen molar-refractivity contribution >= 4 is 39.3 Å². The van der Waals surface area contributed by atoms with Gasteiger partial charge in [-0.2, -0.15) is 4.98 Å². The highest BCUT2D eigenvalue weighted by Gasteiger charge is 2.06. The van der Waals surface area contributed by atoms with Crippen LogP contribution in [0, 0.1) is 5.82 Å². The van der Waals surface area contributed by atoms with Crippen molar-refractivity contribution in [1.82, 2.24) is 19.9 Å². The number of nitrogens with zero attached hydrogens (tertiary/aromatic N) is 2. The van der Waals surface area contributed by atoms with Gasteiger partial charge in [0.2, 0.25) is 5.95 Å². The zero-order valence-corrected chi connectivity index (χ0v) is 16.6. The van der Waals surface area contributed by atoms with E-state index in [4.69, 9.17) is 0 Å². The smallest absolute Gasteiger partial charge is 0.224 e. The largest absolute Gasteiger partial charge is 0.390 e. The zero-order chi connectivity index (χ0) is 21.2. The van der Waals surface area contributed by atoms with Crippen LogP contribution in [0.5, 0.6) is 0 Å². The summed E-state index contributed by atoms with van der Waals surface area (Å²) in [5, 5.41) is 17.7. The lowest BCUT2D eigenvalue weighted by atomic mass is 10.1. The summed E-state index contributed by atoms with van der Waals surface area (Å²) >= 11 is 0. The van der Waals surface area contributed by atoms with Gasteiger partial charge in [-0.3, -0.25) is 0 Å². The van der Waals surface area contributed by atoms with Gasteiger partial charge in [-0.1, -0.05) is 0 Å². The number of H-pyrrole nitrogens is 2. The maximum absolute atomic E-state index is 13.5. The van der Waals surface area contributed by atoms with Gasteiger partial charge in [0.05, 0.1) is 6.61 Å². The summed E-state index contributed by atoms with van der Waals surface area (Å²) in [6.07, 6.45) is 4.31.